The Labute approximate surface area is 113 Å². The molecule has 0 aromatic heterocycles. The molecule has 0 aliphatic heterocycles. The van der Waals surface area contributed by atoms with Gasteiger partial charge in [-0.3, -0.25) is 4.79 Å². The van der Waals surface area contributed by atoms with Crippen molar-refractivity contribution in [2.75, 3.05) is 0 Å². The van der Waals surface area contributed by atoms with Gasteiger partial charge in [0, 0.05) is 0 Å². The third kappa shape index (κ3) is 5.00. The maximum atomic E-state index is 12.0. The summed E-state index contributed by atoms with van der Waals surface area (Å²) in [7, 11) is -3.66. The maximum Gasteiger partial charge on any atom is 0.322 e. The molecule has 0 spiro atoms. The molecule has 0 fully saturated rings. The van der Waals surface area contributed by atoms with Gasteiger partial charge < -0.3 is 5.11 Å². The number of carboxylic acid groups (broad SMARTS) is 1. The average Bonchev–Trinajstić information content (AvgIpc) is 2.35. The first-order valence-corrected chi connectivity index (χ1v) is 7.77. The zero-order valence-corrected chi connectivity index (χ0v) is 11.9. The summed E-state index contributed by atoms with van der Waals surface area (Å²) in [5.74, 6) is -1.62. The Kier molecular flexibility index (Phi) is 5.50. The van der Waals surface area contributed by atoms with E-state index in [0.717, 1.165) is 0 Å². The molecule has 106 valence electrons. The maximum absolute atomic E-state index is 12.0. The van der Waals surface area contributed by atoms with E-state index < -0.39 is 22.0 Å². The van der Waals surface area contributed by atoms with Crippen LogP contribution in [0.1, 0.15) is 25.8 Å². The van der Waals surface area contributed by atoms with Crippen LogP contribution in [0.2, 0.25) is 0 Å². The second kappa shape index (κ2) is 6.68. The molecule has 1 rings (SSSR count). The highest BCUT2D eigenvalue weighted by atomic mass is 32.2. The largest absolute Gasteiger partial charge is 0.480 e. The van der Waals surface area contributed by atoms with Gasteiger partial charge in [-0.2, -0.15) is 0 Å². The first-order valence-electron chi connectivity index (χ1n) is 6.12. The summed E-state index contributed by atoms with van der Waals surface area (Å²) in [6.07, 6.45) is 0.588. The fourth-order valence-electron chi connectivity index (χ4n) is 1.67. The lowest BCUT2D eigenvalue weighted by Gasteiger charge is -2.20. The Balaban J connectivity index is 2.80. The molecule has 1 aromatic rings. The van der Waals surface area contributed by atoms with Crippen molar-refractivity contribution in [2.45, 2.75) is 32.1 Å². The predicted molar refractivity (Wildman–Crippen MR) is 73.1 cm³/mol. The molecule has 0 amide bonds. The van der Waals surface area contributed by atoms with E-state index in [1.165, 1.54) is 0 Å². The fourth-order valence-corrected chi connectivity index (χ4v) is 3.11. The van der Waals surface area contributed by atoms with Gasteiger partial charge in [-0.25, -0.2) is 13.1 Å². The fraction of sp³-hybridized carbons (Fsp3) is 0.462. The third-order valence-corrected chi connectivity index (χ3v) is 4.31. The average molecular weight is 285 g/mol. The van der Waals surface area contributed by atoms with Crippen LogP contribution in [0.15, 0.2) is 30.3 Å². The van der Waals surface area contributed by atoms with Crippen LogP contribution >= 0.6 is 0 Å². The minimum Gasteiger partial charge on any atom is -0.480 e. The summed E-state index contributed by atoms with van der Waals surface area (Å²) in [6.45, 7) is 3.54. The van der Waals surface area contributed by atoms with E-state index >= 15 is 0 Å². The van der Waals surface area contributed by atoms with Crippen LogP contribution in [-0.2, 0) is 20.6 Å². The molecule has 5 nitrogen and oxygen atoms in total. The smallest absolute Gasteiger partial charge is 0.322 e. The van der Waals surface area contributed by atoms with Gasteiger partial charge in [-0.05, 0) is 11.5 Å². The lowest BCUT2D eigenvalue weighted by Crippen LogP contribution is -2.45. The van der Waals surface area contributed by atoms with Gasteiger partial charge in [0.15, 0.2) is 0 Å². The van der Waals surface area contributed by atoms with Gasteiger partial charge in [0.05, 0.1) is 5.75 Å². The summed E-state index contributed by atoms with van der Waals surface area (Å²) >= 11 is 0. The lowest BCUT2D eigenvalue weighted by atomic mass is 10.0. The van der Waals surface area contributed by atoms with E-state index in [1.807, 2.05) is 6.92 Å². The molecule has 0 radical (unpaired) electrons. The van der Waals surface area contributed by atoms with Gasteiger partial charge in [-0.1, -0.05) is 50.6 Å². The molecule has 0 aliphatic carbocycles. The van der Waals surface area contributed by atoms with Crippen molar-refractivity contribution in [2.24, 2.45) is 5.92 Å². The number of nitrogens with one attached hydrogen (secondary N) is 1. The van der Waals surface area contributed by atoms with E-state index in [2.05, 4.69) is 4.72 Å². The molecule has 0 saturated carbocycles. The summed E-state index contributed by atoms with van der Waals surface area (Å²) < 4.78 is 26.2. The van der Waals surface area contributed by atoms with Gasteiger partial charge in [0.1, 0.15) is 6.04 Å². The van der Waals surface area contributed by atoms with Crippen molar-refractivity contribution in [3.8, 4) is 0 Å². The van der Waals surface area contributed by atoms with Crippen LogP contribution < -0.4 is 4.72 Å². The molecule has 0 heterocycles. The van der Waals surface area contributed by atoms with Crippen molar-refractivity contribution < 1.29 is 18.3 Å². The van der Waals surface area contributed by atoms with E-state index in [4.69, 9.17) is 5.11 Å². The molecule has 0 unspecified atom stereocenters. The van der Waals surface area contributed by atoms with E-state index in [1.54, 1.807) is 37.3 Å². The zero-order valence-electron chi connectivity index (χ0n) is 11.0. The number of hydrogen-bond acceptors (Lipinski definition) is 3. The Hall–Kier alpha value is -1.40. The van der Waals surface area contributed by atoms with Crippen LogP contribution in [0, 0.1) is 5.92 Å². The van der Waals surface area contributed by atoms with Crippen LogP contribution in [0.5, 0.6) is 0 Å². The molecule has 2 atom stereocenters. The number of hydrogen-bond donors (Lipinski definition) is 2. The number of sulfonamides is 1. The topological polar surface area (TPSA) is 83.5 Å². The lowest BCUT2D eigenvalue weighted by molar-refractivity contribution is -0.140. The van der Waals surface area contributed by atoms with E-state index in [-0.39, 0.29) is 11.7 Å². The first kappa shape index (κ1) is 15.7. The number of benzene rings is 1. The summed E-state index contributed by atoms with van der Waals surface area (Å²) in [6, 6.07) is 7.58. The Morgan fingerprint density at radius 3 is 2.37 bits per heavy atom. The highest BCUT2D eigenvalue weighted by Gasteiger charge is 2.28. The Morgan fingerprint density at radius 1 is 1.32 bits per heavy atom. The minimum atomic E-state index is -3.66. The molecular formula is C13H19NO4S. The van der Waals surface area contributed by atoms with Gasteiger partial charge in [0.25, 0.3) is 0 Å². The van der Waals surface area contributed by atoms with E-state index in [9.17, 15) is 13.2 Å². The van der Waals surface area contributed by atoms with Gasteiger partial charge in [0.2, 0.25) is 10.0 Å². The quantitative estimate of drug-likeness (QED) is 0.797. The third-order valence-electron chi connectivity index (χ3n) is 2.99. The summed E-state index contributed by atoms with van der Waals surface area (Å²) in [4.78, 5) is 11.1. The monoisotopic (exact) mass is 285 g/mol. The first-order chi connectivity index (χ1) is 8.85. The van der Waals surface area contributed by atoms with Crippen LogP contribution in [0.3, 0.4) is 0 Å². The van der Waals surface area contributed by atoms with Crippen molar-refractivity contribution in [1.29, 1.82) is 0 Å². The second-order valence-corrected chi connectivity index (χ2v) is 6.32. The highest BCUT2D eigenvalue weighted by Crippen LogP contribution is 2.11. The molecule has 19 heavy (non-hydrogen) atoms. The molecule has 0 saturated heterocycles. The predicted octanol–water partition coefficient (Wildman–Crippen LogP) is 1.61. The number of rotatable bonds is 7. The summed E-state index contributed by atoms with van der Waals surface area (Å²) in [5.41, 5.74) is 0.628. The van der Waals surface area contributed by atoms with Crippen molar-refractivity contribution in [3.05, 3.63) is 35.9 Å². The Morgan fingerprint density at radius 2 is 1.89 bits per heavy atom. The molecule has 6 heteroatoms. The molecule has 1 aromatic carbocycles. The molecule has 2 N–H and O–H groups in total. The number of aliphatic carboxylic acids is 1. The zero-order chi connectivity index (χ0) is 14.5. The van der Waals surface area contributed by atoms with Crippen molar-refractivity contribution in [3.63, 3.8) is 0 Å². The molecule has 0 aliphatic rings. The number of carboxylic acids is 1. The Bertz CT molecular complexity index is 513. The second-order valence-electron chi connectivity index (χ2n) is 4.56. The van der Waals surface area contributed by atoms with Gasteiger partial charge in [-0.15, -0.1) is 0 Å². The summed E-state index contributed by atoms with van der Waals surface area (Å²) in [5, 5.41) is 9.08. The standard InChI is InChI=1S/C13H19NO4S/c1-3-10(2)12(13(15)16)14-19(17,18)9-11-7-5-4-6-8-11/h4-8,10,12,14H,3,9H2,1-2H3,(H,15,16)/t10-,12+/m1/s1. The van der Waals surface area contributed by atoms with Crippen LogP contribution in [0.4, 0.5) is 0 Å². The van der Waals surface area contributed by atoms with Gasteiger partial charge >= 0.3 is 5.97 Å². The van der Waals surface area contributed by atoms with E-state index in [0.29, 0.717) is 12.0 Å². The van der Waals surface area contributed by atoms with Crippen molar-refractivity contribution in [1.82, 2.24) is 4.72 Å². The minimum absolute atomic E-state index is 0.214. The SMILES string of the molecule is CC[C@@H](C)[C@H](NS(=O)(=O)Cc1ccccc1)C(=O)O. The highest BCUT2D eigenvalue weighted by molar-refractivity contribution is 7.88. The van der Waals surface area contributed by atoms with Crippen LogP contribution in [0.25, 0.3) is 0 Å². The normalized spacial score (nSPS) is 14.8. The number of carbonyl (C=O) groups is 1. The van der Waals surface area contributed by atoms with Crippen molar-refractivity contribution >= 4 is 16.0 Å². The van der Waals surface area contributed by atoms with Crippen LogP contribution in [-0.4, -0.2) is 25.5 Å². The molecule has 0 bridgehead atoms. The molecular weight excluding hydrogens is 266 g/mol.